The first kappa shape index (κ1) is 32.6. The van der Waals surface area contributed by atoms with Crippen LogP contribution in [0.15, 0.2) is 66.9 Å². The third-order valence-electron chi connectivity index (χ3n) is 8.61. The van der Waals surface area contributed by atoms with Crippen LogP contribution < -0.4 is 30.2 Å². The highest BCUT2D eigenvalue weighted by molar-refractivity contribution is 6.17. The number of fused-ring (bicyclic) bond motifs is 1. The maximum absolute atomic E-state index is 15.3. The van der Waals surface area contributed by atoms with E-state index in [1.54, 1.807) is 37.5 Å². The molecule has 1 aliphatic heterocycles. The monoisotopic (exact) mass is 659 g/mol. The predicted octanol–water partition coefficient (Wildman–Crippen LogP) is 5.26. The second kappa shape index (κ2) is 13.8. The Morgan fingerprint density at radius 1 is 0.896 bits per heavy atom. The molecule has 0 unspecified atom stereocenters. The fraction of sp³-hybridized carbons (Fsp3) is 0.314. The number of amides is 3. The largest absolute Gasteiger partial charge is 0.493 e. The van der Waals surface area contributed by atoms with Gasteiger partial charge in [0.2, 0.25) is 17.7 Å². The number of hydrogen-bond donors (Lipinski definition) is 3. The molecule has 2 heterocycles. The first-order valence-corrected chi connectivity index (χ1v) is 15.6. The number of carbonyl (C=O) groups is 3. The molecule has 1 aromatic heterocycles. The number of aromatic nitrogens is 1. The maximum Gasteiger partial charge on any atom is 0.240 e. The first-order valence-electron chi connectivity index (χ1n) is 15.6. The Morgan fingerprint density at radius 3 is 2.33 bits per heavy atom. The van der Waals surface area contributed by atoms with Crippen LogP contribution in [0, 0.1) is 17.0 Å². The smallest absolute Gasteiger partial charge is 0.240 e. The van der Waals surface area contributed by atoms with Crippen LogP contribution in [0.25, 0.3) is 10.9 Å². The molecule has 1 aliphatic carbocycles. The number of likely N-dealkylation sites (N-methyl/N-ethyl adjacent to an activating group) is 1. The van der Waals surface area contributed by atoms with E-state index in [0.717, 1.165) is 32.0 Å². The quantitative estimate of drug-likeness (QED) is 0.186. The number of nitrogens with zero attached hydrogens (tertiary/aromatic N) is 2. The summed E-state index contributed by atoms with van der Waals surface area (Å²) in [4.78, 5) is 44.2. The van der Waals surface area contributed by atoms with Gasteiger partial charge in [-0.05, 0) is 62.1 Å². The molecular weight excluding hydrogens is 624 g/mol. The number of para-hydroxylation sites is 1. The number of piperidine rings is 1. The van der Waals surface area contributed by atoms with Crippen molar-refractivity contribution in [1.82, 2.24) is 15.2 Å². The highest BCUT2D eigenvalue weighted by Gasteiger charge is 2.56. The van der Waals surface area contributed by atoms with Gasteiger partial charge < -0.3 is 30.2 Å². The van der Waals surface area contributed by atoms with Gasteiger partial charge in [-0.1, -0.05) is 12.1 Å². The Hall–Kier alpha value is -5.30. The van der Waals surface area contributed by atoms with Crippen molar-refractivity contribution >= 4 is 40.0 Å². The average molecular weight is 660 g/mol. The van der Waals surface area contributed by atoms with E-state index in [-0.39, 0.29) is 42.0 Å². The van der Waals surface area contributed by atoms with E-state index in [1.807, 2.05) is 0 Å². The molecule has 0 bridgehead atoms. The highest BCUT2D eigenvalue weighted by atomic mass is 19.1. The minimum atomic E-state index is -1.37. The topological polar surface area (TPSA) is 131 Å². The van der Waals surface area contributed by atoms with Crippen LogP contribution in [0.5, 0.6) is 23.0 Å². The van der Waals surface area contributed by atoms with Gasteiger partial charge in [-0.15, -0.1) is 0 Å². The lowest BCUT2D eigenvalue weighted by Gasteiger charge is -2.31. The van der Waals surface area contributed by atoms with Gasteiger partial charge in [-0.3, -0.25) is 24.3 Å². The summed E-state index contributed by atoms with van der Waals surface area (Å²) >= 11 is 0. The van der Waals surface area contributed by atoms with Gasteiger partial charge in [0, 0.05) is 49.5 Å². The first-order chi connectivity index (χ1) is 23.2. The van der Waals surface area contributed by atoms with E-state index in [9.17, 15) is 18.8 Å². The zero-order valence-corrected chi connectivity index (χ0v) is 26.5. The number of likely N-dealkylation sites (tertiary alicyclic amines) is 1. The maximum atomic E-state index is 15.3. The Bertz CT molecular complexity index is 1860. The molecule has 0 atom stereocenters. The number of nitrogens with one attached hydrogen (secondary N) is 3. The zero-order valence-electron chi connectivity index (χ0n) is 26.5. The number of hydrogen-bond acceptors (Lipinski definition) is 8. The summed E-state index contributed by atoms with van der Waals surface area (Å²) < 4.78 is 47.2. The second-order valence-corrected chi connectivity index (χ2v) is 11.8. The molecule has 1 saturated heterocycles. The summed E-state index contributed by atoms with van der Waals surface area (Å²) in [6, 6.07) is 14.7. The van der Waals surface area contributed by atoms with E-state index < -0.39 is 28.9 Å². The van der Waals surface area contributed by atoms with Crippen molar-refractivity contribution < 1.29 is 37.4 Å². The third-order valence-corrected chi connectivity index (χ3v) is 8.61. The number of benzene rings is 3. The van der Waals surface area contributed by atoms with Gasteiger partial charge in [0.15, 0.2) is 23.1 Å². The van der Waals surface area contributed by atoms with E-state index in [2.05, 4.69) is 25.8 Å². The lowest BCUT2D eigenvalue weighted by Crippen LogP contribution is -2.43. The van der Waals surface area contributed by atoms with Crippen molar-refractivity contribution in [1.29, 1.82) is 0 Å². The standard InChI is InChI=1S/C35H35F2N5O6/c1-38-32(43)20-42-15-10-22(11-16-42)47-31-19-27-23(18-30(31)46-2)28(9-14-39-27)48-29-8-7-21(17-25(29)37)40-33(44)35(12-13-35)34(45)41-26-6-4-3-5-24(26)36/h3-9,14,17-19,22H,10-13,15-16,20H2,1-2H3,(H,38,43)(H,40,44)(H,41,45). The molecule has 13 heteroatoms. The summed E-state index contributed by atoms with van der Waals surface area (Å²) in [6.45, 7) is 1.80. The lowest BCUT2D eigenvalue weighted by atomic mass is 10.0. The molecule has 11 nitrogen and oxygen atoms in total. The molecule has 48 heavy (non-hydrogen) atoms. The van der Waals surface area contributed by atoms with Crippen molar-refractivity contribution in [3.63, 3.8) is 0 Å². The van der Waals surface area contributed by atoms with Crippen molar-refractivity contribution in [2.45, 2.75) is 31.8 Å². The zero-order chi connectivity index (χ0) is 33.8. The molecule has 1 saturated carbocycles. The van der Waals surface area contributed by atoms with Gasteiger partial charge in [0.05, 0.1) is 24.9 Å². The van der Waals surface area contributed by atoms with Crippen LogP contribution in [0.4, 0.5) is 20.2 Å². The Kier molecular flexibility index (Phi) is 9.40. The highest BCUT2D eigenvalue weighted by Crippen LogP contribution is 2.48. The SMILES string of the molecule is CNC(=O)CN1CCC(Oc2cc3nccc(Oc4ccc(NC(=O)C5(C(=O)Nc6ccccc6F)CC5)cc4F)c3cc2OC)CC1. The van der Waals surface area contributed by atoms with Gasteiger partial charge in [0.1, 0.15) is 23.1 Å². The number of ether oxygens (including phenoxy) is 3. The van der Waals surface area contributed by atoms with Crippen LogP contribution >= 0.6 is 0 Å². The summed E-state index contributed by atoms with van der Waals surface area (Å²) in [6.07, 6.45) is 3.53. The van der Waals surface area contributed by atoms with Crippen molar-refractivity contribution in [3.8, 4) is 23.0 Å². The summed E-state index contributed by atoms with van der Waals surface area (Å²) in [7, 11) is 3.15. The van der Waals surface area contributed by atoms with Crippen molar-refractivity contribution in [3.05, 3.63) is 78.5 Å². The van der Waals surface area contributed by atoms with Gasteiger partial charge in [-0.25, -0.2) is 8.78 Å². The molecular formula is C35H35F2N5O6. The molecule has 3 amide bonds. The van der Waals surface area contributed by atoms with Crippen LogP contribution in [0.1, 0.15) is 25.7 Å². The van der Waals surface area contributed by atoms with Crippen LogP contribution in [-0.4, -0.2) is 67.5 Å². The fourth-order valence-corrected chi connectivity index (χ4v) is 5.63. The molecule has 250 valence electrons. The lowest BCUT2D eigenvalue weighted by molar-refractivity contribution is -0.131. The molecule has 0 spiro atoms. The Balaban J connectivity index is 1.12. The van der Waals surface area contributed by atoms with E-state index >= 15 is 4.39 Å². The van der Waals surface area contributed by atoms with Crippen molar-refractivity contribution in [2.75, 3.05) is 44.4 Å². The van der Waals surface area contributed by atoms with E-state index in [4.69, 9.17) is 14.2 Å². The minimum absolute atomic E-state index is 0.0182. The molecule has 2 fully saturated rings. The number of halogens is 2. The minimum Gasteiger partial charge on any atom is -0.493 e. The Morgan fingerprint density at radius 2 is 1.65 bits per heavy atom. The third kappa shape index (κ3) is 7.00. The van der Waals surface area contributed by atoms with Gasteiger partial charge in [0.25, 0.3) is 0 Å². The number of carbonyl (C=O) groups excluding carboxylic acids is 3. The van der Waals surface area contributed by atoms with Crippen molar-refractivity contribution in [2.24, 2.45) is 5.41 Å². The number of methoxy groups -OCH3 is 1. The van der Waals surface area contributed by atoms with Gasteiger partial charge >= 0.3 is 0 Å². The molecule has 6 rings (SSSR count). The normalized spacial score (nSPS) is 15.8. The van der Waals surface area contributed by atoms with Crippen LogP contribution in [0.2, 0.25) is 0 Å². The molecule has 0 radical (unpaired) electrons. The van der Waals surface area contributed by atoms with Crippen LogP contribution in [0.3, 0.4) is 0 Å². The molecule has 3 N–H and O–H groups in total. The molecule has 3 aromatic carbocycles. The predicted molar refractivity (Wildman–Crippen MR) is 174 cm³/mol. The molecule has 4 aromatic rings. The number of pyridine rings is 1. The Labute approximate surface area is 275 Å². The summed E-state index contributed by atoms with van der Waals surface area (Å²) in [5, 5.41) is 8.29. The van der Waals surface area contributed by atoms with E-state index in [1.165, 1.54) is 37.4 Å². The fourth-order valence-electron chi connectivity index (χ4n) is 5.63. The van der Waals surface area contributed by atoms with Gasteiger partial charge in [-0.2, -0.15) is 0 Å². The number of anilines is 2. The number of rotatable bonds is 11. The van der Waals surface area contributed by atoms with E-state index in [0.29, 0.717) is 34.7 Å². The average Bonchev–Trinajstić information content (AvgIpc) is 3.90. The second-order valence-electron chi connectivity index (χ2n) is 11.8. The summed E-state index contributed by atoms with van der Waals surface area (Å²) in [5.41, 5.74) is -0.698. The molecule has 2 aliphatic rings. The van der Waals surface area contributed by atoms with Crippen LogP contribution in [-0.2, 0) is 14.4 Å². The summed E-state index contributed by atoms with van der Waals surface area (Å²) in [5.74, 6) is -1.40.